The fraction of sp³-hybridized carbons (Fsp3) is 0.680. The number of allylic oxidation sites excluding steroid dienone is 4. The quantitative estimate of drug-likeness (QED) is 0.192. The third-order valence-corrected chi connectivity index (χ3v) is 7.68. The van der Waals surface area contributed by atoms with E-state index < -0.39 is 10.4 Å². The first-order valence-electron chi connectivity index (χ1n) is 11.5. The molecule has 0 saturated heterocycles. The second-order valence-corrected chi connectivity index (χ2v) is 10.5. The van der Waals surface area contributed by atoms with E-state index in [1.165, 1.54) is 24.0 Å². The molecule has 0 radical (unpaired) electrons. The molecular weight excluding hydrogens is 412 g/mol. The molecule has 5 nitrogen and oxygen atoms in total. The van der Waals surface area contributed by atoms with Crippen LogP contribution in [0.2, 0.25) is 0 Å². The maximum Gasteiger partial charge on any atom is 0.217 e. The molecule has 0 fully saturated rings. The minimum atomic E-state index is -4.65. The van der Waals surface area contributed by atoms with Crippen LogP contribution >= 0.6 is 0 Å². The Hall–Kier alpha value is -1.37. The predicted octanol–water partition coefficient (Wildman–Crippen LogP) is 6.58. The van der Waals surface area contributed by atoms with Crippen LogP contribution in [0.3, 0.4) is 0 Å². The molecule has 0 bridgehead atoms. The van der Waals surface area contributed by atoms with Gasteiger partial charge >= 0.3 is 0 Å². The molecule has 2 rings (SSSR count). The van der Waals surface area contributed by atoms with E-state index in [9.17, 15) is 13.0 Å². The molecule has 1 heterocycles. The Labute approximate surface area is 188 Å². The van der Waals surface area contributed by atoms with Gasteiger partial charge in [-0.1, -0.05) is 37.1 Å². The van der Waals surface area contributed by atoms with Crippen LogP contribution in [-0.4, -0.2) is 19.6 Å². The zero-order chi connectivity index (χ0) is 22.9. The number of aryl methyl sites for hydroxylation is 1. The van der Waals surface area contributed by atoms with E-state index in [2.05, 4.69) is 44.0 Å². The molecule has 31 heavy (non-hydrogen) atoms. The molecule has 6 heteroatoms. The molecule has 176 valence electrons. The average Bonchev–Trinajstić information content (AvgIpc) is 3.21. The average molecular weight is 452 g/mol. The summed E-state index contributed by atoms with van der Waals surface area (Å²) < 4.78 is 42.3. The summed E-state index contributed by atoms with van der Waals surface area (Å²) in [6, 6.07) is 1.93. The summed E-state index contributed by atoms with van der Waals surface area (Å²) in [4.78, 5) is 0. The Balaban J connectivity index is 1.83. The molecule has 0 aliphatic heterocycles. The molecule has 1 unspecified atom stereocenters. The lowest BCUT2D eigenvalue weighted by Gasteiger charge is -2.40. The normalized spacial score (nSPS) is 23.6. The third kappa shape index (κ3) is 8.95. The van der Waals surface area contributed by atoms with Crippen molar-refractivity contribution >= 4 is 10.4 Å². The number of hydrogen-bond acceptors (Lipinski definition) is 5. The number of rotatable bonds is 13. The minimum absolute atomic E-state index is 0.0380. The molecule has 0 N–H and O–H groups in total. The first-order chi connectivity index (χ1) is 14.6. The zero-order valence-corrected chi connectivity index (χ0v) is 20.4. The van der Waals surface area contributed by atoms with E-state index in [-0.39, 0.29) is 17.9 Å². The second-order valence-electron chi connectivity index (χ2n) is 9.49. The van der Waals surface area contributed by atoms with Gasteiger partial charge in [0.2, 0.25) is 10.4 Å². The van der Waals surface area contributed by atoms with Crippen molar-refractivity contribution in [3.8, 4) is 0 Å². The summed E-state index contributed by atoms with van der Waals surface area (Å²) in [6.07, 6.45) is 17.0. The fourth-order valence-electron chi connectivity index (χ4n) is 4.58. The summed E-state index contributed by atoms with van der Waals surface area (Å²) in [5.74, 6) is 0.747. The van der Waals surface area contributed by atoms with Crippen LogP contribution in [0.4, 0.5) is 0 Å². The van der Waals surface area contributed by atoms with Crippen LogP contribution in [-0.2, 0) is 21.0 Å². The predicted molar refractivity (Wildman–Crippen MR) is 123 cm³/mol. The van der Waals surface area contributed by atoms with Gasteiger partial charge in [-0.3, -0.25) is 4.18 Å². The van der Waals surface area contributed by atoms with Gasteiger partial charge < -0.3 is 8.97 Å². The summed E-state index contributed by atoms with van der Waals surface area (Å²) >= 11 is 0. The summed E-state index contributed by atoms with van der Waals surface area (Å²) in [5.41, 5.74) is 4.30. The van der Waals surface area contributed by atoms with E-state index in [4.69, 9.17) is 4.42 Å². The van der Waals surface area contributed by atoms with Crippen molar-refractivity contribution < 1.29 is 21.6 Å². The van der Waals surface area contributed by atoms with Crippen molar-refractivity contribution in [1.29, 1.82) is 0 Å². The Bertz CT molecular complexity index is 822. The lowest BCUT2D eigenvalue weighted by atomic mass is 9.65. The first-order valence-corrected chi connectivity index (χ1v) is 12.9. The molecule has 0 amide bonds. The topological polar surface area (TPSA) is 79.6 Å². The van der Waals surface area contributed by atoms with Gasteiger partial charge in [0, 0.05) is 0 Å². The molecule has 0 aromatic carbocycles. The maximum atomic E-state index is 10.9. The van der Waals surface area contributed by atoms with Crippen LogP contribution in [0, 0.1) is 17.3 Å². The highest BCUT2D eigenvalue weighted by Gasteiger charge is 2.34. The number of hydrogen-bond donors (Lipinski definition) is 0. The Morgan fingerprint density at radius 3 is 2.84 bits per heavy atom. The van der Waals surface area contributed by atoms with Gasteiger partial charge in [0.15, 0.2) is 0 Å². The van der Waals surface area contributed by atoms with Crippen molar-refractivity contribution in [1.82, 2.24) is 0 Å². The molecule has 1 aromatic heterocycles. The van der Waals surface area contributed by atoms with E-state index in [1.54, 1.807) is 12.5 Å². The largest absolute Gasteiger partial charge is 0.726 e. The Morgan fingerprint density at radius 1 is 1.42 bits per heavy atom. The van der Waals surface area contributed by atoms with Gasteiger partial charge in [-0.05, 0) is 101 Å². The highest BCUT2D eigenvalue weighted by molar-refractivity contribution is 7.80. The summed E-state index contributed by atoms with van der Waals surface area (Å²) in [6.45, 7) is 9.18. The smallest absolute Gasteiger partial charge is 0.217 e. The van der Waals surface area contributed by atoms with Crippen molar-refractivity contribution in [2.24, 2.45) is 17.3 Å². The number of furan rings is 1. The minimum Gasteiger partial charge on any atom is -0.726 e. The monoisotopic (exact) mass is 451 g/mol. The molecule has 1 aliphatic carbocycles. The third-order valence-electron chi connectivity index (χ3n) is 7.25. The van der Waals surface area contributed by atoms with Crippen molar-refractivity contribution in [2.75, 3.05) is 6.61 Å². The fourth-order valence-corrected chi connectivity index (χ4v) is 4.94. The maximum absolute atomic E-state index is 10.9. The molecular formula is C25H39O5S-. The molecule has 0 spiro atoms. The van der Waals surface area contributed by atoms with E-state index in [0.29, 0.717) is 5.92 Å². The van der Waals surface area contributed by atoms with Crippen LogP contribution < -0.4 is 0 Å². The van der Waals surface area contributed by atoms with E-state index >= 15 is 0 Å². The summed E-state index contributed by atoms with van der Waals surface area (Å²) in [5, 5.41) is 0. The van der Waals surface area contributed by atoms with Gasteiger partial charge in [-0.25, -0.2) is 8.42 Å². The van der Waals surface area contributed by atoms with E-state index in [0.717, 1.165) is 50.5 Å². The zero-order valence-electron chi connectivity index (χ0n) is 19.6. The molecule has 3 atom stereocenters. The molecule has 1 aliphatic rings. The van der Waals surface area contributed by atoms with Gasteiger partial charge in [0.1, 0.15) is 0 Å². The van der Waals surface area contributed by atoms with Crippen LogP contribution in [0.15, 0.2) is 46.3 Å². The highest BCUT2D eigenvalue weighted by atomic mass is 32.3. The van der Waals surface area contributed by atoms with Gasteiger partial charge in [0.25, 0.3) is 0 Å². The van der Waals surface area contributed by atoms with Gasteiger partial charge in [-0.15, -0.1) is 0 Å². The van der Waals surface area contributed by atoms with Crippen LogP contribution in [0.1, 0.15) is 84.6 Å². The lowest BCUT2D eigenvalue weighted by molar-refractivity contribution is 0.204. The van der Waals surface area contributed by atoms with E-state index in [1.807, 2.05) is 6.07 Å². The highest BCUT2D eigenvalue weighted by Crippen LogP contribution is 2.45. The van der Waals surface area contributed by atoms with Crippen LogP contribution in [0.25, 0.3) is 0 Å². The first kappa shape index (κ1) is 25.9. The van der Waals surface area contributed by atoms with Crippen molar-refractivity contribution in [3.63, 3.8) is 0 Å². The van der Waals surface area contributed by atoms with Gasteiger partial charge in [-0.2, -0.15) is 0 Å². The summed E-state index contributed by atoms with van der Waals surface area (Å²) in [7, 11) is -4.65. The standard InChI is InChI=1S/C25H40O5S/c1-20(14-16-25(4)21(2)9-6-10-22(25)3)8-5-11-23(19-30-31(26,27)28)12-7-13-24-15-17-29-18-24/h8-9,15,17-18,22-23H,5-7,10-14,16,19H2,1-4H3,(H,26,27,28)/p-1/b20-8+/t22-,23?,25-/m1/s1. The SMILES string of the molecule is CC1=CCC[C@@H](C)[C@]1(C)CC/C(C)=C/CCC(CCCc1ccoc1)COS(=O)(=O)[O-]. The van der Waals surface area contributed by atoms with Gasteiger partial charge in [0.05, 0.1) is 19.1 Å². The second kappa shape index (κ2) is 12.0. The van der Waals surface area contributed by atoms with Crippen molar-refractivity contribution in [3.05, 3.63) is 47.5 Å². The van der Waals surface area contributed by atoms with Crippen LogP contribution in [0.5, 0.6) is 0 Å². The Morgan fingerprint density at radius 2 is 2.19 bits per heavy atom. The van der Waals surface area contributed by atoms with Crippen molar-refractivity contribution in [2.45, 2.75) is 85.5 Å². The Kier molecular flexibility index (Phi) is 10.0. The molecule has 0 saturated carbocycles. The lowest BCUT2D eigenvalue weighted by Crippen LogP contribution is -2.29. The molecule has 1 aromatic rings.